The molecule has 8 heteroatoms. The molecule has 0 aliphatic carbocycles. The fourth-order valence-electron chi connectivity index (χ4n) is 3.42. The second-order valence-corrected chi connectivity index (χ2v) is 8.10. The average Bonchev–Trinajstić information content (AvgIpc) is 3.37. The highest BCUT2D eigenvalue weighted by molar-refractivity contribution is 7.15. The van der Waals surface area contributed by atoms with E-state index in [0.717, 1.165) is 27.8 Å². The Morgan fingerprint density at radius 1 is 1.06 bits per heavy atom. The number of rotatable bonds is 7. The number of aromatic nitrogens is 3. The highest BCUT2D eigenvalue weighted by Crippen LogP contribution is 2.26. The maximum absolute atomic E-state index is 13.2. The summed E-state index contributed by atoms with van der Waals surface area (Å²) in [6, 6.07) is 20.2. The van der Waals surface area contributed by atoms with Crippen LogP contribution >= 0.6 is 11.3 Å². The number of carbonyl (C=O) groups is 1. The summed E-state index contributed by atoms with van der Waals surface area (Å²) in [5, 5.41) is 11.3. The van der Waals surface area contributed by atoms with Gasteiger partial charge in [0, 0.05) is 17.4 Å². The van der Waals surface area contributed by atoms with Crippen LogP contribution in [0.5, 0.6) is 5.75 Å². The van der Waals surface area contributed by atoms with Crippen molar-refractivity contribution in [3.63, 3.8) is 0 Å². The van der Waals surface area contributed by atoms with E-state index in [0.29, 0.717) is 24.4 Å². The van der Waals surface area contributed by atoms with Crippen molar-refractivity contribution >= 4 is 38.9 Å². The largest absolute Gasteiger partial charge is 0.494 e. The molecule has 5 aromatic rings. The summed E-state index contributed by atoms with van der Waals surface area (Å²) in [5.41, 5.74) is 1.62. The molecule has 0 fully saturated rings. The maximum atomic E-state index is 13.2. The van der Waals surface area contributed by atoms with Crippen molar-refractivity contribution < 1.29 is 13.9 Å². The van der Waals surface area contributed by atoms with Crippen LogP contribution in [-0.4, -0.2) is 27.1 Å². The van der Waals surface area contributed by atoms with Crippen molar-refractivity contribution in [3.05, 3.63) is 77.9 Å². The fourth-order valence-corrected chi connectivity index (χ4v) is 4.25. The van der Waals surface area contributed by atoms with Gasteiger partial charge < -0.3 is 4.74 Å². The molecule has 0 bridgehead atoms. The van der Waals surface area contributed by atoms with Gasteiger partial charge in [0.2, 0.25) is 16.8 Å². The van der Waals surface area contributed by atoms with Gasteiger partial charge in [-0.1, -0.05) is 30.3 Å². The molecule has 2 aromatic heterocycles. The number of halogens is 1. The Balaban J connectivity index is 1.16. The van der Waals surface area contributed by atoms with E-state index in [1.807, 2.05) is 41.8 Å². The highest BCUT2D eigenvalue weighted by atomic mass is 32.1. The number of benzene rings is 3. The van der Waals surface area contributed by atoms with Crippen LogP contribution in [0.1, 0.15) is 12.8 Å². The summed E-state index contributed by atoms with van der Waals surface area (Å²) < 4.78 is 20.6. The predicted octanol–water partition coefficient (Wildman–Crippen LogP) is 5.55. The minimum Gasteiger partial charge on any atom is -0.494 e. The first-order valence-corrected chi connectivity index (χ1v) is 11.1. The molecule has 160 valence electrons. The van der Waals surface area contributed by atoms with Gasteiger partial charge in [0.05, 0.1) is 12.3 Å². The molecule has 0 spiro atoms. The lowest BCUT2D eigenvalue weighted by Gasteiger charge is -2.07. The second-order valence-electron chi connectivity index (χ2n) is 7.27. The number of anilines is 1. The standard InChI is InChI=1S/C24H19FN4O2S/c25-19-10-7-17(8-11-19)21-15-32-24-27-23(28-29(21)24)26-22(30)6-3-13-31-20-12-9-16-4-1-2-5-18(16)14-20/h1-2,4-5,7-12,14-15H,3,6,13H2,(H,26,28,30). The van der Waals surface area contributed by atoms with Crippen LogP contribution in [0, 0.1) is 5.82 Å². The lowest BCUT2D eigenvalue weighted by molar-refractivity contribution is -0.116. The number of thiazole rings is 1. The first-order valence-electron chi connectivity index (χ1n) is 10.2. The van der Waals surface area contributed by atoms with E-state index in [9.17, 15) is 9.18 Å². The number of ether oxygens (including phenoxy) is 1. The molecular weight excluding hydrogens is 427 g/mol. The summed E-state index contributed by atoms with van der Waals surface area (Å²) in [6.45, 7) is 0.437. The minimum atomic E-state index is -0.295. The Labute approximate surface area is 187 Å². The van der Waals surface area contributed by atoms with E-state index in [-0.39, 0.29) is 17.7 Å². The predicted molar refractivity (Wildman–Crippen MR) is 124 cm³/mol. The molecule has 1 amide bonds. The first kappa shape index (κ1) is 20.1. The summed E-state index contributed by atoms with van der Waals surface area (Å²) in [6.07, 6.45) is 0.868. The van der Waals surface area contributed by atoms with Crippen LogP contribution in [0.3, 0.4) is 0 Å². The minimum absolute atomic E-state index is 0.173. The zero-order valence-corrected chi connectivity index (χ0v) is 17.8. The van der Waals surface area contributed by atoms with Gasteiger partial charge in [0.15, 0.2) is 0 Å². The topological polar surface area (TPSA) is 68.5 Å². The number of hydrogen-bond donors (Lipinski definition) is 1. The molecular formula is C24H19FN4O2S. The van der Waals surface area contributed by atoms with Gasteiger partial charge in [-0.25, -0.2) is 8.91 Å². The van der Waals surface area contributed by atoms with Crippen LogP contribution in [0.2, 0.25) is 0 Å². The molecule has 0 saturated heterocycles. The molecule has 2 heterocycles. The van der Waals surface area contributed by atoms with Crippen molar-refractivity contribution in [3.8, 4) is 17.0 Å². The summed E-state index contributed by atoms with van der Waals surface area (Å²) in [7, 11) is 0. The smallest absolute Gasteiger partial charge is 0.250 e. The zero-order chi connectivity index (χ0) is 21.9. The SMILES string of the molecule is O=C(CCCOc1ccc2ccccc2c1)Nc1nc2scc(-c3ccc(F)cc3)n2n1. The van der Waals surface area contributed by atoms with E-state index in [2.05, 4.69) is 21.5 Å². The Kier molecular flexibility index (Phi) is 5.51. The molecule has 6 nitrogen and oxygen atoms in total. The fraction of sp³-hybridized carbons (Fsp3) is 0.125. The van der Waals surface area contributed by atoms with E-state index >= 15 is 0 Å². The highest BCUT2D eigenvalue weighted by Gasteiger charge is 2.13. The molecule has 0 saturated carbocycles. The van der Waals surface area contributed by atoms with Gasteiger partial charge in [-0.15, -0.1) is 16.4 Å². The third-order valence-corrected chi connectivity index (χ3v) is 5.83. The van der Waals surface area contributed by atoms with Gasteiger partial charge in [-0.3, -0.25) is 10.1 Å². The molecule has 0 aliphatic rings. The summed E-state index contributed by atoms with van der Waals surface area (Å²) in [4.78, 5) is 17.3. The Hall–Kier alpha value is -3.78. The third-order valence-electron chi connectivity index (χ3n) is 5.01. The summed E-state index contributed by atoms with van der Waals surface area (Å²) in [5.74, 6) is 0.569. The van der Waals surface area contributed by atoms with E-state index in [4.69, 9.17) is 4.74 Å². The van der Waals surface area contributed by atoms with Gasteiger partial charge in [-0.2, -0.15) is 4.98 Å². The lowest BCUT2D eigenvalue weighted by Crippen LogP contribution is -2.14. The third kappa shape index (κ3) is 4.31. The Morgan fingerprint density at radius 2 is 1.88 bits per heavy atom. The van der Waals surface area contributed by atoms with Crippen LogP contribution in [0.4, 0.5) is 10.3 Å². The average molecular weight is 447 g/mol. The molecule has 0 unspecified atom stereocenters. The van der Waals surface area contributed by atoms with Crippen molar-refractivity contribution in [1.29, 1.82) is 0 Å². The number of carbonyl (C=O) groups excluding carboxylic acids is 1. The number of fused-ring (bicyclic) bond motifs is 2. The van der Waals surface area contributed by atoms with Crippen molar-refractivity contribution in [2.45, 2.75) is 12.8 Å². The molecule has 32 heavy (non-hydrogen) atoms. The number of nitrogens with zero attached hydrogens (tertiary/aromatic N) is 3. The first-order chi connectivity index (χ1) is 15.7. The van der Waals surface area contributed by atoms with E-state index in [1.165, 1.54) is 23.5 Å². The lowest BCUT2D eigenvalue weighted by atomic mass is 10.1. The molecule has 5 rings (SSSR count). The van der Waals surface area contributed by atoms with Crippen molar-refractivity contribution in [2.24, 2.45) is 0 Å². The molecule has 1 N–H and O–H groups in total. The molecule has 3 aromatic carbocycles. The van der Waals surface area contributed by atoms with Crippen molar-refractivity contribution in [2.75, 3.05) is 11.9 Å². The van der Waals surface area contributed by atoms with Crippen LogP contribution < -0.4 is 10.1 Å². The normalized spacial score (nSPS) is 11.2. The van der Waals surface area contributed by atoms with Gasteiger partial charge in [0.25, 0.3) is 0 Å². The number of hydrogen-bond acceptors (Lipinski definition) is 5. The van der Waals surface area contributed by atoms with E-state index < -0.39 is 0 Å². The van der Waals surface area contributed by atoms with Crippen LogP contribution in [0.15, 0.2) is 72.1 Å². The van der Waals surface area contributed by atoms with Gasteiger partial charge in [-0.05, 0) is 53.6 Å². The quantitative estimate of drug-likeness (QED) is 0.333. The summed E-state index contributed by atoms with van der Waals surface area (Å²) >= 11 is 1.40. The van der Waals surface area contributed by atoms with Gasteiger partial charge in [0.1, 0.15) is 11.6 Å². The van der Waals surface area contributed by atoms with Crippen LogP contribution in [-0.2, 0) is 4.79 Å². The molecule has 0 aliphatic heterocycles. The monoisotopic (exact) mass is 446 g/mol. The molecule has 0 atom stereocenters. The Morgan fingerprint density at radius 3 is 2.72 bits per heavy atom. The number of amides is 1. The second kappa shape index (κ2) is 8.76. The zero-order valence-electron chi connectivity index (χ0n) is 17.0. The molecule has 0 radical (unpaired) electrons. The van der Waals surface area contributed by atoms with E-state index in [1.54, 1.807) is 16.6 Å². The Bertz CT molecular complexity index is 1390. The van der Waals surface area contributed by atoms with Gasteiger partial charge >= 0.3 is 0 Å². The van der Waals surface area contributed by atoms with Crippen molar-refractivity contribution in [1.82, 2.24) is 14.6 Å². The maximum Gasteiger partial charge on any atom is 0.250 e. The van der Waals surface area contributed by atoms with Crippen LogP contribution in [0.25, 0.3) is 27.0 Å². The number of nitrogens with one attached hydrogen (secondary N) is 1.